The third-order valence-electron chi connectivity index (χ3n) is 5.49. The molecule has 0 unspecified atom stereocenters. The Labute approximate surface area is 160 Å². The predicted octanol–water partition coefficient (Wildman–Crippen LogP) is 5.22. The summed E-state index contributed by atoms with van der Waals surface area (Å²) in [6.45, 7) is 5.16. The van der Waals surface area contributed by atoms with Gasteiger partial charge in [0, 0.05) is 29.7 Å². The number of hydrogen-bond acceptors (Lipinski definition) is 1. The van der Waals surface area contributed by atoms with E-state index in [-0.39, 0.29) is 12.4 Å². The number of hydrogen-bond donors (Lipinski definition) is 1. The Morgan fingerprint density at radius 3 is 2.73 bits per heavy atom. The number of benzene rings is 3. The second-order valence-corrected chi connectivity index (χ2v) is 7.10. The molecule has 0 atom stereocenters. The number of aryl methyl sites for hydroxylation is 1. The molecule has 0 amide bonds. The van der Waals surface area contributed by atoms with Crippen molar-refractivity contribution in [2.24, 2.45) is 0 Å². The minimum Gasteiger partial charge on any atom is -0.339 e. The minimum absolute atomic E-state index is 0. The van der Waals surface area contributed by atoms with Gasteiger partial charge >= 0.3 is 0 Å². The van der Waals surface area contributed by atoms with Crippen LogP contribution in [0.3, 0.4) is 0 Å². The Morgan fingerprint density at radius 2 is 1.81 bits per heavy atom. The van der Waals surface area contributed by atoms with Crippen LogP contribution in [0, 0.1) is 6.92 Å². The molecule has 0 bridgehead atoms. The van der Waals surface area contributed by atoms with Crippen LogP contribution in [-0.2, 0) is 19.5 Å². The first kappa shape index (κ1) is 17.1. The molecule has 5 rings (SSSR count). The molecular formula is C23H23ClN2. The lowest BCUT2D eigenvalue weighted by Gasteiger charge is -2.18. The van der Waals surface area contributed by atoms with Gasteiger partial charge in [-0.3, -0.25) is 0 Å². The van der Waals surface area contributed by atoms with Crippen molar-refractivity contribution in [1.82, 2.24) is 9.88 Å². The van der Waals surface area contributed by atoms with Crippen LogP contribution >= 0.6 is 12.4 Å². The summed E-state index contributed by atoms with van der Waals surface area (Å²) in [5.41, 5.74) is 7.10. The van der Waals surface area contributed by atoms with E-state index in [1.165, 1.54) is 44.1 Å². The maximum Gasteiger partial charge on any atom is 0.0489 e. The van der Waals surface area contributed by atoms with E-state index in [9.17, 15) is 0 Å². The van der Waals surface area contributed by atoms with Crippen LogP contribution in [-0.4, -0.2) is 11.1 Å². The normalized spacial score (nSPS) is 13.6. The Morgan fingerprint density at radius 1 is 0.962 bits per heavy atom. The van der Waals surface area contributed by atoms with Crippen LogP contribution in [0.25, 0.3) is 21.7 Å². The quantitative estimate of drug-likeness (QED) is 0.517. The molecule has 0 saturated carbocycles. The third kappa shape index (κ3) is 2.70. The fraction of sp³-hybridized carbons (Fsp3) is 0.217. The van der Waals surface area contributed by atoms with Crippen LogP contribution in [0.15, 0.2) is 60.7 Å². The van der Waals surface area contributed by atoms with E-state index < -0.39 is 0 Å². The first-order chi connectivity index (χ1) is 12.3. The molecule has 1 N–H and O–H groups in total. The molecule has 0 aliphatic carbocycles. The van der Waals surface area contributed by atoms with Crippen LogP contribution in [0.1, 0.15) is 22.4 Å². The van der Waals surface area contributed by atoms with Gasteiger partial charge in [-0.2, -0.15) is 0 Å². The first-order valence-corrected chi connectivity index (χ1v) is 9.09. The number of halogens is 1. The second-order valence-electron chi connectivity index (χ2n) is 7.10. The monoisotopic (exact) mass is 362 g/mol. The van der Waals surface area contributed by atoms with Gasteiger partial charge in [-0.25, -0.2) is 0 Å². The summed E-state index contributed by atoms with van der Waals surface area (Å²) in [6, 6.07) is 22.2. The summed E-state index contributed by atoms with van der Waals surface area (Å²) in [7, 11) is 0. The van der Waals surface area contributed by atoms with E-state index >= 15 is 0 Å². The summed E-state index contributed by atoms with van der Waals surface area (Å²) < 4.78 is 2.53. The molecule has 4 aromatic rings. The zero-order chi connectivity index (χ0) is 16.8. The largest absolute Gasteiger partial charge is 0.339 e. The number of aromatic nitrogens is 1. The molecule has 2 heterocycles. The highest BCUT2D eigenvalue weighted by atomic mass is 35.5. The van der Waals surface area contributed by atoms with Crippen LogP contribution in [0.5, 0.6) is 0 Å². The van der Waals surface area contributed by atoms with Gasteiger partial charge < -0.3 is 9.88 Å². The fourth-order valence-corrected chi connectivity index (χ4v) is 4.27. The molecule has 1 aliphatic rings. The number of nitrogens with zero attached hydrogens (tertiary/aromatic N) is 1. The SMILES string of the molecule is Cc1ccc2c(c1)c1c(n2Cc2cccc3ccccc23)CNCC1.Cl. The lowest BCUT2D eigenvalue weighted by Crippen LogP contribution is -2.25. The summed E-state index contributed by atoms with van der Waals surface area (Å²) in [4.78, 5) is 0. The lowest BCUT2D eigenvalue weighted by atomic mass is 10.0. The zero-order valence-corrected chi connectivity index (χ0v) is 15.8. The second kappa shape index (κ2) is 6.79. The van der Waals surface area contributed by atoms with Gasteiger partial charge in [0.15, 0.2) is 0 Å². The summed E-state index contributed by atoms with van der Waals surface area (Å²) >= 11 is 0. The van der Waals surface area contributed by atoms with E-state index in [1.54, 1.807) is 0 Å². The number of rotatable bonds is 2. The van der Waals surface area contributed by atoms with E-state index in [2.05, 4.69) is 77.5 Å². The standard InChI is InChI=1S/C23H22N2.ClH/c1-16-9-10-22-21(13-16)20-11-12-24-14-23(20)25(22)15-18-7-4-6-17-5-2-3-8-19(17)18;/h2-10,13,24H,11-12,14-15H2,1H3;1H. The molecule has 1 aromatic heterocycles. The summed E-state index contributed by atoms with van der Waals surface area (Å²) in [5, 5.41) is 7.68. The van der Waals surface area contributed by atoms with Gasteiger partial charge in [0.2, 0.25) is 0 Å². The lowest BCUT2D eigenvalue weighted by molar-refractivity contribution is 0.603. The van der Waals surface area contributed by atoms with Gasteiger partial charge in [-0.05, 0) is 53.9 Å². The van der Waals surface area contributed by atoms with Crippen molar-refractivity contribution in [1.29, 1.82) is 0 Å². The Kier molecular flexibility index (Phi) is 4.47. The maximum absolute atomic E-state index is 3.56. The molecule has 26 heavy (non-hydrogen) atoms. The Hall–Kier alpha value is -2.29. The van der Waals surface area contributed by atoms with Crippen LogP contribution < -0.4 is 5.32 Å². The topological polar surface area (TPSA) is 17.0 Å². The van der Waals surface area contributed by atoms with Crippen molar-refractivity contribution in [3.63, 3.8) is 0 Å². The third-order valence-corrected chi connectivity index (χ3v) is 5.49. The van der Waals surface area contributed by atoms with Crippen molar-refractivity contribution in [3.8, 4) is 0 Å². The average Bonchev–Trinajstić information content (AvgIpc) is 2.95. The van der Waals surface area contributed by atoms with E-state index in [1.807, 2.05) is 0 Å². The molecule has 132 valence electrons. The van der Waals surface area contributed by atoms with Gasteiger partial charge in [0.25, 0.3) is 0 Å². The fourth-order valence-electron chi connectivity index (χ4n) is 4.27. The molecular weight excluding hydrogens is 340 g/mol. The Bertz CT molecular complexity index is 1090. The molecule has 2 nitrogen and oxygen atoms in total. The molecule has 0 spiro atoms. The van der Waals surface area contributed by atoms with Crippen molar-refractivity contribution in [2.45, 2.75) is 26.4 Å². The number of fused-ring (bicyclic) bond motifs is 4. The maximum atomic E-state index is 3.56. The van der Waals surface area contributed by atoms with Gasteiger partial charge in [-0.15, -0.1) is 12.4 Å². The van der Waals surface area contributed by atoms with Crippen LogP contribution in [0.2, 0.25) is 0 Å². The Balaban J connectivity index is 0.00000168. The molecule has 0 fully saturated rings. The van der Waals surface area contributed by atoms with Crippen LogP contribution in [0.4, 0.5) is 0 Å². The molecule has 0 radical (unpaired) electrons. The van der Waals surface area contributed by atoms with Crippen molar-refractivity contribution >= 4 is 34.1 Å². The smallest absolute Gasteiger partial charge is 0.0489 e. The van der Waals surface area contributed by atoms with E-state index in [0.717, 1.165) is 26.1 Å². The van der Waals surface area contributed by atoms with Crippen molar-refractivity contribution in [2.75, 3.05) is 6.54 Å². The highest BCUT2D eigenvalue weighted by molar-refractivity contribution is 5.88. The van der Waals surface area contributed by atoms with E-state index in [0.29, 0.717) is 0 Å². The molecule has 0 saturated heterocycles. The average molecular weight is 363 g/mol. The summed E-state index contributed by atoms with van der Waals surface area (Å²) in [6.07, 6.45) is 1.12. The highest BCUT2D eigenvalue weighted by Crippen LogP contribution is 2.31. The predicted molar refractivity (Wildman–Crippen MR) is 112 cm³/mol. The number of nitrogens with one attached hydrogen (secondary N) is 1. The van der Waals surface area contributed by atoms with Crippen molar-refractivity contribution < 1.29 is 0 Å². The molecule has 3 aromatic carbocycles. The van der Waals surface area contributed by atoms with Crippen molar-refractivity contribution in [3.05, 3.63) is 83.0 Å². The zero-order valence-electron chi connectivity index (χ0n) is 15.0. The molecule has 1 aliphatic heterocycles. The summed E-state index contributed by atoms with van der Waals surface area (Å²) in [5.74, 6) is 0. The van der Waals surface area contributed by atoms with Gasteiger partial charge in [0.05, 0.1) is 0 Å². The van der Waals surface area contributed by atoms with Gasteiger partial charge in [0.1, 0.15) is 0 Å². The van der Waals surface area contributed by atoms with Gasteiger partial charge in [-0.1, -0.05) is 54.1 Å². The molecule has 3 heteroatoms. The minimum atomic E-state index is 0. The first-order valence-electron chi connectivity index (χ1n) is 9.09. The highest BCUT2D eigenvalue weighted by Gasteiger charge is 2.20. The van der Waals surface area contributed by atoms with E-state index in [4.69, 9.17) is 0 Å².